The van der Waals surface area contributed by atoms with Crippen LogP contribution in [0.2, 0.25) is 0 Å². The zero-order valence-corrected chi connectivity index (χ0v) is 16.9. The van der Waals surface area contributed by atoms with Gasteiger partial charge in [-0.1, -0.05) is 12.1 Å². The molecule has 0 radical (unpaired) electrons. The van der Waals surface area contributed by atoms with Crippen LogP contribution in [0.3, 0.4) is 0 Å². The largest absolute Gasteiger partial charge is 0.416 e. The van der Waals surface area contributed by atoms with E-state index in [4.69, 9.17) is 0 Å². The summed E-state index contributed by atoms with van der Waals surface area (Å²) in [5.74, 6) is 0.848. The molecule has 2 N–H and O–H groups in total. The topological polar surface area (TPSA) is 73.8 Å². The molecule has 1 aromatic rings. The number of aliphatic imine (C=N–C) groups is 1. The fraction of sp³-hybridized carbons (Fsp3) is 0.611. The highest BCUT2D eigenvalue weighted by Gasteiger charge is 2.30. The van der Waals surface area contributed by atoms with Gasteiger partial charge in [0.25, 0.3) is 0 Å². The van der Waals surface area contributed by atoms with Gasteiger partial charge in [-0.05, 0) is 43.4 Å². The first-order valence-corrected chi connectivity index (χ1v) is 11.1. The molecule has 10 heteroatoms. The molecule has 158 valence electrons. The minimum Gasteiger partial charge on any atom is -0.357 e. The summed E-state index contributed by atoms with van der Waals surface area (Å²) in [6.07, 6.45) is -1.64. The Morgan fingerprint density at radius 1 is 1.25 bits per heavy atom. The van der Waals surface area contributed by atoms with E-state index in [9.17, 15) is 21.6 Å². The summed E-state index contributed by atoms with van der Waals surface area (Å²) in [6.45, 7) is 4.30. The van der Waals surface area contributed by atoms with Gasteiger partial charge in [-0.25, -0.2) is 17.7 Å². The number of nitrogens with zero attached hydrogens (tertiary/aromatic N) is 2. The van der Waals surface area contributed by atoms with E-state index in [1.54, 1.807) is 6.07 Å². The highest BCUT2D eigenvalue weighted by molar-refractivity contribution is 7.88. The van der Waals surface area contributed by atoms with Gasteiger partial charge < -0.3 is 10.6 Å². The molecule has 6 nitrogen and oxygen atoms in total. The van der Waals surface area contributed by atoms with E-state index >= 15 is 0 Å². The van der Waals surface area contributed by atoms with Crippen molar-refractivity contribution in [2.45, 2.75) is 32.5 Å². The van der Waals surface area contributed by atoms with Gasteiger partial charge in [-0.15, -0.1) is 0 Å². The summed E-state index contributed by atoms with van der Waals surface area (Å²) in [6, 6.07) is 5.14. The number of sulfonamides is 1. The van der Waals surface area contributed by atoms with E-state index in [-0.39, 0.29) is 6.54 Å². The monoisotopic (exact) mass is 420 g/mol. The van der Waals surface area contributed by atoms with Gasteiger partial charge in [0.15, 0.2) is 5.96 Å². The lowest BCUT2D eigenvalue weighted by Gasteiger charge is -2.30. The van der Waals surface area contributed by atoms with Crippen molar-refractivity contribution in [1.29, 1.82) is 0 Å². The molecular weight excluding hydrogens is 393 g/mol. The minimum absolute atomic E-state index is 0.131. The normalized spacial score (nSPS) is 17.5. The van der Waals surface area contributed by atoms with E-state index in [0.29, 0.717) is 43.6 Å². The lowest BCUT2D eigenvalue weighted by molar-refractivity contribution is -0.137. The Bertz CT molecular complexity index is 773. The third kappa shape index (κ3) is 6.97. The zero-order valence-electron chi connectivity index (χ0n) is 16.1. The van der Waals surface area contributed by atoms with Crippen molar-refractivity contribution < 1.29 is 21.6 Å². The van der Waals surface area contributed by atoms with Gasteiger partial charge >= 0.3 is 6.18 Å². The maximum Gasteiger partial charge on any atom is 0.416 e. The fourth-order valence-electron chi connectivity index (χ4n) is 3.04. The smallest absolute Gasteiger partial charge is 0.357 e. The van der Waals surface area contributed by atoms with Crippen LogP contribution in [0.1, 0.15) is 30.9 Å². The Morgan fingerprint density at radius 2 is 1.93 bits per heavy atom. The molecule has 0 saturated carbocycles. The van der Waals surface area contributed by atoms with Gasteiger partial charge in [0.2, 0.25) is 10.0 Å². The molecule has 1 aliphatic rings. The van der Waals surface area contributed by atoms with E-state index in [1.165, 1.54) is 16.6 Å². The minimum atomic E-state index is -4.37. The van der Waals surface area contributed by atoms with Crippen molar-refractivity contribution in [2.75, 3.05) is 32.4 Å². The third-order valence-electron chi connectivity index (χ3n) is 4.62. The van der Waals surface area contributed by atoms with Gasteiger partial charge in [0, 0.05) is 26.2 Å². The van der Waals surface area contributed by atoms with Crippen molar-refractivity contribution in [1.82, 2.24) is 14.9 Å². The van der Waals surface area contributed by atoms with Crippen LogP contribution in [0.5, 0.6) is 0 Å². The second-order valence-corrected chi connectivity index (χ2v) is 8.86. The molecule has 0 unspecified atom stereocenters. The summed E-state index contributed by atoms with van der Waals surface area (Å²) < 4.78 is 63.0. The van der Waals surface area contributed by atoms with E-state index in [2.05, 4.69) is 15.6 Å². The maximum atomic E-state index is 12.8. The summed E-state index contributed by atoms with van der Waals surface area (Å²) in [7, 11) is -3.15. The molecule has 0 bridgehead atoms. The van der Waals surface area contributed by atoms with Crippen LogP contribution >= 0.6 is 0 Å². The van der Waals surface area contributed by atoms with Crippen molar-refractivity contribution in [3.05, 3.63) is 35.4 Å². The Morgan fingerprint density at radius 3 is 2.50 bits per heavy atom. The molecule has 0 aliphatic carbocycles. The van der Waals surface area contributed by atoms with Crippen LogP contribution in [0.25, 0.3) is 0 Å². The van der Waals surface area contributed by atoms with Crippen molar-refractivity contribution >= 4 is 16.0 Å². The molecule has 0 aromatic heterocycles. The number of halogens is 3. The highest BCUT2D eigenvalue weighted by Crippen LogP contribution is 2.29. The second kappa shape index (κ2) is 9.60. The number of nitrogens with one attached hydrogen (secondary N) is 2. The third-order valence-corrected chi connectivity index (χ3v) is 5.92. The summed E-state index contributed by atoms with van der Waals surface area (Å²) in [5.41, 5.74) is -0.204. The van der Waals surface area contributed by atoms with Crippen molar-refractivity contribution in [2.24, 2.45) is 10.9 Å². The van der Waals surface area contributed by atoms with Crippen molar-refractivity contribution in [3.8, 4) is 0 Å². The Hall–Kier alpha value is -1.81. The van der Waals surface area contributed by atoms with E-state index < -0.39 is 21.8 Å². The highest BCUT2D eigenvalue weighted by atomic mass is 32.2. The number of benzene rings is 1. The Balaban J connectivity index is 1.91. The van der Waals surface area contributed by atoms with Gasteiger partial charge in [0.1, 0.15) is 0 Å². The summed E-state index contributed by atoms with van der Waals surface area (Å²) in [4.78, 5) is 4.37. The molecule has 1 aliphatic heterocycles. The number of hydrogen-bond donors (Lipinski definition) is 2. The Kier molecular flexibility index (Phi) is 7.70. The molecule has 0 amide bonds. The van der Waals surface area contributed by atoms with Gasteiger partial charge in [-0.2, -0.15) is 13.2 Å². The number of hydrogen-bond acceptors (Lipinski definition) is 3. The standard InChI is InChI=1S/C18H27F3N4O2S/c1-3-22-17(23-12-14-7-9-25(10-8-14)28(2,26)27)24-13-15-5-4-6-16(11-15)18(19,20)21/h4-6,11,14H,3,7-10,12-13H2,1-2H3,(H2,22,23,24). The molecule has 1 aromatic carbocycles. The SMILES string of the molecule is CCNC(=NCc1cccc(C(F)(F)F)c1)NCC1CCN(S(C)(=O)=O)CC1. The number of piperidine rings is 1. The summed E-state index contributed by atoms with van der Waals surface area (Å²) in [5, 5.41) is 6.29. The van der Waals surface area contributed by atoms with Gasteiger partial charge in [0.05, 0.1) is 18.4 Å². The predicted octanol–water partition coefficient (Wildman–Crippen LogP) is 2.43. The van der Waals surface area contributed by atoms with Gasteiger partial charge in [-0.3, -0.25) is 0 Å². The number of guanidine groups is 1. The molecule has 1 heterocycles. The molecule has 2 rings (SSSR count). The first kappa shape index (κ1) is 22.5. The molecule has 0 spiro atoms. The fourth-order valence-corrected chi connectivity index (χ4v) is 3.92. The molecule has 28 heavy (non-hydrogen) atoms. The van der Waals surface area contributed by atoms with Crippen LogP contribution in [-0.4, -0.2) is 51.1 Å². The van der Waals surface area contributed by atoms with E-state index in [1.807, 2.05) is 6.92 Å². The first-order valence-electron chi connectivity index (χ1n) is 9.23. The predicted molar refractivity (Wildman–Crippen MR) is 103 cm³/mol. The van der Waals surface area contributed by atoms with Crippen LogP contribution in [0.4, 0.5) is 13.2 Å². The lowest BCUT2D eigenvalue weighted by Crippen LogP contribution is -2.44. The molecule has 0 atom stereocenters. The first-order chi connectivity index (χ1) is 13.1. The van der Waals surface area contributed by atoms with Crippen LogP contribution < -0.4 is 10.6 Å². The number of alkyl halides is 3. The van der Waals surface area contributed by atoms with Crippen LogP contribution in [0, 0.1) is 5.92 Å². The quantitative estimate of drug-likeness (QED) is 0.548. The van der Waals surface area contributed by atoms with E-state index in [0.717, 1.165) is 25.0 Å². The van der Waals surface area contributed by atoms with Crippen LogP contribution in [0.15, 0.2) is 29.3 Å². The lowest BCUT2D eigenvalue weighted by atomic mass is 9.98. The molecule has 1 saturated heterocycles. The number of rotatable bonds is 6. The average Bonchev–Trinajstić information content (AvgIpc) is 2.63. The maximum absolute atomic E-state index is 12.8. The second-order valence-electron chi connectivity index (χ2n) is 6.88. The van der Waals surface area contributed by atoms with Crippen LogP contribution in [-0.2, 0) is 22.7 Å². The molecular formula is C18H27F3N4O2S. The summed E-state index contributed by atoms with van der Waals surface area (Å²) >= 11 is 0. The molecule has 1 fully saturated rings. The van der Waals surface area contributed by atoms with Crippen molar-refractivity contribution in [3.63, 3.8) is 0 Å². The Labute approximate surface area is 164 Å². The average molecular weight is 421 g/mol. The zero-order chi connectivity index (χ0) is 20.8.